The number of carbonyl (C=O) groups excluding carboxylic acids is 1. The van der Waals surface area contributed by atoms with E-state index in [1.165, 1.54) is 14.7 Å². The summed E-state index contributed by atoms with van der Waals surface area (Å²) in [5.41, 5.74) is -1.22. The Balaban J connectivity index is 0.000000334. The second-order valence-corrected chi connectivity index (χ2v) is 16.9. The Morgan fingerprint density at radius 3 is 1.29 bits per heavy atom. The lowest BCUT2D eigenvalue weighted by Gasteiger charge is -2.37. The van der Waals surface area contributed by atoms with Gasteiger partial charge in [-0.25, -0.2) is 8.42 Å². The fraction of sp³-hybridized carbons (Fsp3) is 0.525. The lowest BCUT2D eigenvalue weighted by molar-refractivity contribution is -0.128. The summed E-state index contributed by atoms with van der Waals surface area (Å²) in [5.74, 6) is 2.04. The van der Waals surface area contributed by atoms with E-state index in [1.807, 2.05) is 91.8 Å². The van der Waals surface area contributed by atoms with Crippen LogP contribution in [0.4, 0.5) is 0 Å². The van der Waals surface area contributed by atoms with Crippen LogP contribution in [0, 0.1) is 16.7 Å². The molecule has 52 heavy (non-hydrogen) atoms. The summed E-state index contributed by atoms with van der Waals surface area (Å²) >= 11 is 0. The molecular formula is C40H54O10S2. The highest BCUT2D eigenvalue weighted by Crippen LogP contribution is 2.64. The van der Waals surface area contributed by atoms with Gasteiger partial charge >= 0.3 is 0 Å². The molecule has 2 bridgehead atoms. The third-order valence-corrected chi connectivity index (χ3v) is 12.9. The van der Waals surface area contributed by atoms with Gasteiger partial charge in [-0.05, 0) is 139 Å². The van der Waals surface area contributed by atoms with Crippen LogP contribution in [-0.4, -0.2) is 63.2 Å². The molecule has 0 spiro atoms. The molecule has 2 aliphatic rings. The Morgan fingerprint density at radius 1 is 0.692 bits per heavy atom. The predicted octanol–water partition coefficient (Wildman–Crippen LogP) is 7.99. The summed E-state index contributed by atoms with van der Waals surface area (Å²) in [5, 5.41) is 0. The van der Waals surface area contributed by atoms with Gasteiger partial charge in [0.2, 0.25) is 0 Å². The van der Waals surface area contributed by atoms with Crippen molar-refractivity contribution in [3.8, 4) is 17.2 Å². The number of benzene rings is 3. The van der Waals surface area contributed by atoms with Crippen molar-refractivity contribution in [1.29, 1.82) is 0 Å². The molecule has 5 unspecified atom stereocenters. The van der Waals surface area contributed by atoms with E-state index in [1.54, 1.807) is 0 Å². The van der Waals surface area contributed by atoms with Crippen LogP contribution in [0.15, 0.2) is 87.5 Å². The van der Waals surface area contributed by atoms with E-state index in [2.05, 4.69) is 36.4 Å². The average molecular weight is 759 g/mol. The van der Waals surface area contributed by atoms with Gasteiger partial charge in [-0.15, -0.1) is 0 Å². The van der Waals surface area contributed by atoms with Crippen LogP contribution in [-0.2, 0) is 40.0 Å². The Bertz CT molecular complexity index is 1540. The number of rotatable bonds is 17. The molecule has 12 heteroatoms. The monoisotopic (exact) mass is 758 g/mol. The van der Waals surface area contributed by atoms with Crippen LogP contribution in [0.3, 0.4) is 0 Å². The third kappa shape index (κ3) is 10.5. The van der Waals surface area contributed by atoms with Crippen LogP contribution in [0.5, 0.6) is 17.2 Å². The molecule has 2 saturated carbocycles. The highest BCUT2D eigenvalue weighted by atomic mass is 32.2. The molecule has 2 fully saturated rings. The summed E-state index contributed by atoms with van der Waals surface area (Å²) in [4.78, 5) is 15.4. The molecule has 5 atom stereocenters. The first kappa shape index (κ1) is 41.6. The standard InChI is InChI=1S/C30H39O6S.C10H16O4S/c1-7-31-22(4)34-25-10-16-28(17-11-25)37(29-18-12-26(13-19-29)35-23(5)32-8-2)30-20-14-27(15-21-30)36-24(6)33-9-3;1-9(2)7-3-4-10(9,8(11)5-7)6-15(12,13)14/h10-24H,7-9H2,1-6H3;7H,3-6H2,1-2H3,(H,12,13,14)/q+1;/p-1. The van der Waals surface area contributed by atoms with Gasteiger partial charge in [0.05, 0.1) is 26.8 Å². The lowest BCUT2D eigenvalue weighted by Crippen LogP contribution is -2.42. The topological polar surface area (TPSA) is 130 Å². The molecule has 2 aliphatic carbocycles. The average Bonchev–Trinajstić information content (AvgIpc) is 3.41. The first-order valence-electron chi connectivity index (χ1n) is 18.0. The van der Waals surface area contributed by atoms with Crippen LogP contribution in [0.25, 0.3) is 0 Å². The molecule has 0 aliphatic heterocycles. The van der Waals surface area contributed by atoms with Gasteiger partial charge < -0.3 is 33.0 Å². The SMILES string of the molecule is CC1(C)C2CCC1(CS(=O)(=O)[O-])C(=O)C2.CCOC(C)Oc1ccc([S+](c2ccc(OC(C)OCC)cc2)c2ccc(OC(C)OCC)cc2)cc1. The van der Waals surface area contributed by atoms with Crippen LogP contribution >= 0.6 is 0 Å². The second kappa shape index (κ2) is 18.3. The van der Waals surface area contributed by atoms with E-state index >= 15 is 0 Å². The van der Waals surface area contributed by atoms with Crippen LogP contribution in [0.1, 0.15) is 74.7 Å². The number of ether oxygens (including phenoxy) is 6. The highest BCUT2D eigenvalue weighted by molar-refractivity contribution is 7.97. The Hall–Kier alpha value is -3.13. The fourth-order valence-electron chi connectivity index (χ4n) is 7.16. The summed E-state index contributed by atoms with van der Waals surface area (Å²) in [7, 11) is -4.67. The first-order valence-corrected chi connectivity index (χ1v) is 20.8. The van der Waals surface area contributed by atoms with Gasteiger partial charge in [-0.3, -0.25) is 4.79 Å². The molecular weight excluding hydrogens is 705 g/mol. The summed E-state index contributed by atoms with van der Waals surface area (Å²) < 4.78 is 66.8. The minimum atomic E-state index is -4.33. The molecule has 3 aromatic carbocycles. The second-order valence-electron chi connectivity index (χ2n) is 13.5. The quantitative estimate of drug-likeness (QED) is 0.0759. The molecule has 0 saturated heterocycles. The van der Waals surface area contributed by atoms with Crippen LogP contribution < -0.4 is 14.2 Å². The van der Waals surface area contributed by atoms with Gasteiger partial charge in [-0.1, -0.05) is 13.8 Å². The van der Waals surface area contributed by atoms with Gasteiger partial charge in [0, 0.05) is 31.7 Å². The normalized spacial score (nSPS) is 21.4. The van der Waals surface area contributed by atoms with Crippen LogP contribution in [0.2, 0.25) is 0 Å². The van der Waals surface area contributed by atoms with Crippen molar-refractivity contribution in [2.24, 2.45) is 16.7 Å². The number of carbonyl (C=O) groups is 1. The maximum atomic E-state index is 11.8. The largest absolute Gasteiger partial charge is 0.748 e. The van der Waals surface area contributed by atoms with Crippen molar-refractivity contribution in [2.75, 3.05) is 25.6 Å². The Morgan fingerprint density at radius 2 is 1.04 bits per heavy atom. The molecule has 286 valence electrons. The Labute approximate surface area is 312 Å². The van der Waals surface area contributed by atoms with Gasteiger partial charge in [0.15, 0.2) is 33.6 Å². The summed E-state index contributed by atoms with van der Waals surface area (Å²) in [6, 6.07) is 24.6. The summed E-state index contributed by atoms with van der Waals surface area (Å²) in [6.07, 6.45) is 0.980. The molecule has 10 nitrogen and oxygen atoms in total. The zero-order chi connectivity index (χ0) is 38.1. The van der Waals surface area contributed by atoms with Crippen molar-refractivity contribution in [2.45, 2.75) is 108 Å². The van der Waals surface area contributed by atoms with Crippen molar-refractivity contribution in [3.05, 3.63) is 72.8 Å². The van der Waals surface area contributed by atoms with Crippen molar-refractivity contribution >= 4 is 26.8 Å². The summed E-state index contributed by atoms with van der Waals surface area (Å²) in [6.45, 7) is 17.2. The maximum absolute atomic E-state index is 11.8. The number of ketones is 1. The Kier molecular flexibility index (Phi) is 14.6. The lowest BCUT2D eigenvalue weighted by atomic mass is 9.70. The van der Waals surface area contributed by atoms with Gasteiger partial charge in [-0.2, -0.15) is 0 Å². The van der Waals surface area contributed by atoms with Crippen molar-refractivity contribution < 1.29 is 46.2 Å². The predicted molar refractivity (Wildman–Crippen MR) is 200 cm³/mol. The van der Waals surface area contributed by atoms with E-state index in [-0.39, 0.29) is 46.9 Å². The third-order valence-electron chi connectivity index (χ3n) is 9.85. The zero-order valence-corrected chi connectivity index (χ0v) is 33.2. The van der Waals surface area contributed by atoms with Crippen molar-refractivity contribution in [3.63, 3.8) is 0 Å². The number of hydrogen-bond donors (Lipinski definition) is 0. The molecule has 3 aromatic rings. The van der Waals surface area contributed by atoms with E-state index in [0.29, 0.717) is 32.7 Å². The van der Waals surface area contributed by atoms with Gasteiger partial charge in [0.25, 0.3) is 0 Å². The maximum Gasteiger partial charge on any atom is 0.196 e. The van der Waals surface area contributed by atoms with E-state index in [9.17, 15) is 17.8 Å². The highest BCUT2D eigenvalue weighted by Gasteiger charge is 2.64. The molecule has 0 N–H and O–H groups in total. The zero-order valence-electron chi connectivity index (χ0n) is 31.6. The van der Waals surface area contributed by atoms with E-state index in [4.69, 9.17) is 28.4 Å². The number of hydrogen-bond acceptors (Lipinski definition) is 10. The molecule has 5 rings (SSSR count). The molecule has 0 heterocycles. The van der Waals surface area contributed by atoms with Crippen molar-refractivity contribution in [1.82, 2.24) is 0 Å². The minimum Gasteiger partial charge on any atom is -0.748 e. The van der Waals surface area contributed by atoms with E-state index < -0.39 is 21.3 Å². The van der Waals surface area contributed by atoms with E-state index in [0.717, 1.165) is 23.7 Å². The fourth-order valence-corrected chi connectivity index (χ4v) is 10.5. The number of fused-ring (bicyclic) bond motifs is 2. The molecule has 0 aromatic heterocycles. The minimum absolute atomic E-state index is 0.0248. The smallest absolute Gasteiger partial charge is 0.196 e. The van der Waals surface area contributed by atoms with Gasteiger partial charge in [0.1, 0.15) is 23.0 Å². The number of Topliss-reactive ketones (excluding diaryl/α,β-unsaturated/α-hetero) is 1. The first-order chi connectivity index (χ1) is 24.6. The molecule has 0 radical (unpaired) electrons. The molecule has 0 amide bonds.